The fourth-order valence-corrected chi connectivity index (χ4v) is 13.3. The van der Waals surface area contributed by atoms with Gasteiger partial charge in [0, 0.05) is 56.0 Å². The van der Waals surface area contributed by atoms with Crippen LogP contribution in [0.25, 0.3) is 31.9 Å². The van der Waals surface area contributed by atoms with Crippen molar-refractivity contribution in [3.05, 3.63) is 101 Å². The molecule has 21 nitrogen and oxygen atoms in total. The number of nitrogens with one attached hydrogen (secondary N) is 4. The number of rotatable bonds is 21. The lowest BCUT2D eigenvalue weighted by Gasteiger charge is -2.35. The van der Waals surface area contributed by atoms with E-state index in [4.69, 9.17) is 10.1 Å². The number of hydrogen-bond donors (Lipinski definition) is 5. The number of anilines is 4. The summed E-state index contributed by atoms with van der Waals surface area (Å²) < 4.78 is 31.6. The molecular weight excluding hydrogens is 1100 g/mol. The number of aliphatic hydroxyl groups is 1. The van der Waals surface area contributed by atoms with Gasteiger partial charge < -0.3 is 30.9 Å². The number of likely N-dealkylation sites (tertiary alicyclic amines) is 1. The molecule has 1 aromatic carbocycles. The van der Waals surface area contributed by atoms with Crippen LogP contribution in [0.5, 0.6) is 0 Å². The molecule has 24 heteroatoms. The fraction of sp³-hybridized carbons (Fsp3) is 0.466. The Kier molecular flexibility index (Phi) is 18.4. The Morgan fingerprint density at radius 3 is 2.38 bits per heavy atom. The average molecular weight is 1170 g/mol. The first kappa shape index (κ1) is 59.3. The summed E-state index contributed by atoms with van der Waals surface area (Å²) in [7, 11) is -2.48. The highest BCUT2D eigenvalue weighted by molar-refractivity contribution is 7.90. The molecule has 0 unspecified atom stereocenters. The number of aryl methyl sites for hydroxylation is 2. The number of unbranched alkanes of at least 4 members (excludes halogenated alkanes) is 2. The topological polar surface area (TPSA) is 272 Å². The van der Waals surface area contributed by atoms with Crippen LogP contribution in [0.1, 0.15) is 131 Å². The molecule has 1 saturated heterocycles. The lowest BCUT2D eigenvalue weighted by atomic mass is 9.85. The number of sulfonamides is 1. The number of thiazole rings is 2. The highest BCUT2D eigenvalue weighted by Gasteiger charge is 2.45. The monoisotopic (exact) mass is 1170 g/mol. The van der Waals surface area contributed by atoms with Crippen LogP contribution in [0.15, 0.2) is 72.5 Å². The number of hydrogen-bond acceptors (Lipinski definition) is 18. The van der Waals surface area contributed by atoms with E-state index in [1.165, 1.54) is 35.5 Å². The van der Waals surface area contributed by atoms with Gasteiger partial charge in [-0.3, -0.25) is 23.9 Å². The fourth-order valence-electron chi connectivity index (χ4n) is 10.6. The molecule has 4 atom stereocenters. The van der Waals surface area contributed by atoms with Gasteiger partial charge in [-0.25, -0.2) is 33.1 Å². The van der Waals surface area contributed by atoms with E-state index in [1.54, 1.807) is 53.3 Å². The van der Waals surface area contributed by atoms with Crippen LogP contribution in [0.2, 0.25) is 0 Å². The highest BCUT2D eigenvalue weighted by atomic mass is 32.2. The zero-order valence-electron chi connectivity index (χ0n) is 47.6. The SMILES string of the molecule is Cc1cc(N(C)c2ccc(-c3cnn(CC4CCCCC4)c3C)c(C(=O)NS(=O)(=O)CCCCCC(=O)N[C@H](C(=O)N3C[C@H](O)C[C@H]3C(=O)N[C@@H](C)c3ccc(-c4scnc4C)cc3)C(C)(C)C)n2)nnc1Nc1nc2cccnc2s1. The molecular formula is C58H72N14O7S3. The first-order chi connectivity index (χ1) is 39.1. The summed E-state index contributed by atoms with van der Waals surface area (Å²) in [6.45, 7) is 13.7. The van der Waals surface area contributed by atoms with E-state index in [0.717, 1.165) is 62.7 Å². The van der Waals surface area contributed by atoms with Crippen molar-refractivity contribution in [2.45, 2.75) is 143 Å². The minimum Gasteiger partial charge on any atom is -0.391 e. The summed E-state index contributed by atoms with van der Waals surface area (Å²) in [4.78, 5) is 78.9. The van der Waals surface area contributed by atoms with E-state index in [0.29, 0.717) is 52.5 Å². The van der Waals surface area contributed by atoms with Crippen LogP contribution in [0, 0.1) is 32.1 Å². The van der Waals surface area contributed by atoms with Crippen molar-refractivity contribution in [2.24, 2.45) is 11.3 Å². The summed E-state index contributed by atoms with van der Waals surface area (Å²) >= 11 is 2.95. The van der Waals surface area contributed by atoms with E-state index in [-0.39, 0.29) is 31.5 Å². The summed E-state index contributed by atoms with van der Waals surface area (Å²) in [5.74, 6) is -0.920. The quantitative estimate of drug-likeness (QED) is 0.0420. The third-order valence-corrected chi connectivity index (χ3v) is 18.5. The molecule has 0 spiro atoms. The molecule has 9 rings (SSSR count). The molecule has 4 amide bonds. The Bertz CT molecular complexity index is 3520. The smallest absolute Gasteiger partial charge is 0.284 e. The molecule has 2 aliphatic rings. The number of pyridine rings is 2. The molecule has 1 saturated carbocycles. The second-order valence-electron chi connectivity index (χ2n) is 22.6. The van der Waals surface area contributed by atoms with Crippen molar-refractivity contribution in [2.75, 3.05) is 29.6 Å². The lowest BCUT2D eigenvalue weighted by Crippen LogP contribution is -2.57. The molecule has 1 aliphatic heterocycles. The maximum atomic E-state index is 14.3. The number of aromatic nitrogens is 8. The van der Waals surface area contributed by atoms with E-state index >= 15 is 0 Å². The van der Waals surface area contributed by atoms with Crippen LogP contribution >= 0.6 is 22.7 Å². The number of β-amino-alcohol motifs (C(OH)–C–C–N with tert-alkyl or cyclic N) is 1. The molecule has 5 N–H and O–H groups in total. The number of benzene rings is 1. The van der Waals surface area contributed by atoms with Gasteiger partial charge in [-0.05, 0) is 112 Å². The van der Waals surface area contributed by atoms with Gasteiger partial charge in [0.25, 0.3) is 5.91 Å². The Morgan fingerprint density at radius 2 is 1.67 bits per heavy atom. The summed E-state index contributed by atoms with van der Waals surface area (Å²) in [6.07, 6.45) is 9.07. The molecule has 1 aliphatic carbocycles. The van der Waals surface area contributed by atoms with Gasteiger partial charge in [-0.1, -0.05) is 82.1 Å². The van der Waals surface area contributed by atoms with Crippen molar-refractivity contribution >= 4 is 89.3 Å². The molecule has 0 bridgehead atoms. The lowest BCUT2D eigenvalue weighted by molar-refractivity contribution is -0.144. The van der Waals surface area contributed by atoms with Crippen LogP contribution in [-0.2, 0) is 31.0 Å². The predicted molar refractivity (Wildman–Crippen MR) is 318 cm³/mol. The van der Waals surface area contributed by atoms with Gasteiger partial charge in [-0.2, -0.15) is 5.10 Å². The molecule has 7 aromatic rings. The molecule has 434 valence electrons. The van der Waals surface area contributed by atoms with Gasteiger partial charge >= 0.3 is 0 Å². The largest absolute Gasteiger partial charge is 0.391 e. The van der Waals surface area contributed by atoms with Crippen molar-refractivity contribution in [3.63, 3.8) is 0 Å². The van der Waals surface area contributed by atoms with Gasteiger partial charge in [0.2, 0.25) is 27.7 Å². The van der Waals surface area contributed by atoms with Gasteiger partial charge in [0.1, 0.15) is 33.9 Å². The minimum atomic E-state index is -4.21. The van der Waals surface area contributed by atoms with Crippen LogP contribution in [-0.4, -0.2) is 119 Å². The molecule has 82 heavy (non-hydrogen) atoms. The zero-order chi connectivity index (χ0) is 58.5. The Balaban J connectivity index is 0.817. The van der Waals surface area contributed by atoms with Crippen molar-refractivity contribution in [3.8, 4) is 21.6 Å². The second kappa shape index (κ2) is 25.5. The number of aliphatic hydroxyl groups excluding tert-OH is 1. The van der Waals surface area contributed by atoms with E-state index in [2.05, 4.69) is 45.8 Å². The number of nitrogens with zero attached hydrogens (tertiary/aromatic N) is 10. The van der Waals surface area contributed by atoms with Gasteiger partial charge in [0.15, 0.2) is 16.8 Å². The minimum absolute atomic E-state index is 0.0109. The average Bonchev–Trinajstić information content (AvgIpc) is 4.38. The Labute approximate surface area is 486 Å². The van der Waals surface area contributed by atoms with Crippen molar-refractivity contribution in [1.82, 2.24) is 60.2 Å². The van der Waals surface area contributed by atoms with Crippen LogP contribution in [0.3, 0.4) is 0 Å². The van der Waals surface area contributed by atoms with E-state index < -0.39 is 69.0 Å². The van der Waals surface area contributed by atoms with Crippen LogP contribution in [0.4, 0.5) is 22.6 Å². The van der Waals surface area contributed by atoms with Gasteiger partial charge in [0.05, 0.1) is 40.2 Å². The maximum Gasteiger partial charge on any atom is 0.284 e. The molecule has 2 fully saturated rings. The van der Waals surface area contributed by atoms with E-state index in [9.17, 15) is 32.7 Å². The first-order valence-electron chi connectivity index (χ1n) is 27.9. The number of fused-ring (bicyclic) bond motifs is 1. The standard InChI is InChI=1S/C58H72N14O7S3/c1-34-28-47(67-68-52(34)66-57-63-44-18-15-26-59-55(44)81-57)70(8)46-25-24-42(43-30-61-72(37(43)4)31-38-16-11-9-12-17-38)49(64-46)54(76)69-82(78,79)27-14-10-13-19-48(74)65-51(58(5,6)7)56(77)71-32-41(73)29-45(71)53(75)62-35(2)39-20-22-40(23-21-39)50-36(3)60-33-80-50/h15,18,20-26,28,30,33,35,38,41,45,51,73H,9-14,16-17,19,27,29,31-32H2,1-8H3,(H,62,75)(H,65,74)(H,69,76)(H,63,66,68)/t35-,41+,45-,51+/m0/s1. The van der Waals surface area contributed by atoms with Crippen LogP contribution < -0.4 is 25.6 Å². The Morgan fingerprint density at radius 1 is 0.902 bits per heavy atom. The maximum absolute atomic E-state index is 14.3. The number of carbonyl (C=O) groups excluding carboxylic acids is 4. The second-order valence-corrected chi connectivity index (χ2v) is 26.3. The first-order valence-corrected chi connectivity index (χ1v) is 31.2. The Hall–Kier alpha value is -7.28. The number of carbonyl (C=O) groups is 4. The van der Waals surface area contributed by atoms with Crippen molar-refractivity contribution in [1.29, 1.82) is 0 Å². The molecule has 6 aromatic heterocycles. The molecule has 7 heterocycles. The summed E-state index contributed by atoms with van der Waals surface area (Å²) in [5.41, 5.74) is 7.17. The predicted octanol–water partition coefficient (Wildman–Crippen LogP) is 8.87. The normalized spacial score (nSPS) is 16.7. The zero-order valence-corrected chi connectivity index (χ0v) is 50.1. The van der Waals surface area contributed by atoms with Gasteiger partial charge in [-0.15, -0.1) is 21.5 Å². The number of amides is 4. The third kappa shape index (κ3) is 14.1. The van der Waals surface area contributed by atoms with Crippen molar-refractivity contribution < 1.29 is 32.7 Å². The third-order valence-electron chi connectivity index (χ3n) is 15.3. The van der Waals surface area contributed by atoms with E-state index in [1.807, 2.05) is 95.6 Å². The summed E-state index contributed by atoms with van der Waals surface area (Å²) in [6, 6.07) is 14.5. The summed E-state index contributed by atoms with van der Waals surface area (Å²) in [5, 5.41) is 34.1. The molecule has 0 radical (unpaired) electrons. The highest BCUT2D eigenvalue weighted by Crippen LogP contribution is 2.35.